The summed E-state index contributed by atoms with van der Waals surface area (Å²) < 4.78 is 18.2. The van der Waals surface area contributed by atoms with E-state index in [9.17, 15) is 9.18 Å². The van der Waals surface area contributed by atoms with Crippen molar-refractivity contribution in [1.82, 2.24) is 10.3 Å². The van der Waals surface area contributed by atoms with Gasteiger partial charge in [-0.1, -0.05) is 12.1 Å². The molecule has 0 atom stereocenters. The Morgan fingerprint density at radius 1 is 1.22 bits per heavy atom. The summed E-state index contributed by atoms with van der Waals surface area (Å²) in [5.74, 6) is -0.342. The van der Waals surface area contributed by atoms with Gasteiger partial charge in [-0.2, -0.15) is 0 Å². The van der Waals surface area contributed by atoms with Gasteiger partial charge in [-0.15, -0.1) is 0 Å². The zero-order chi connectivity index (χ0) is 16.1. The Bertz CT molecular complexity index is 667. The zero-order valence-electron chi connectivity index (χ0n) is 12.8. The lowest BCUT2D eigenvalue weighted by Crippen LogP contribution is -2.38. The molecule has 120 valence electrons. The summed E-state index contributed by atoms with van der Waals surface area (Å²) in [6.45, 7) is 1.38. The number of rotatable bonds is 4. The molecule has 0 aliphatic carbocycles. The van der Waals surface area contributed by atoms with E-state index in [4.69, 9.17) is 4.74 Å². The third-order valence-corrected chi connectivity index (χ3v) is 3.93. The van der Waals surface area contributed by atoms with Crippen LogP contribution in [0.15, 0.2) is 42.6 Å². The molecule has 4 nitrogen and oxygen atoms in total. The fourth-order valence-electron chi connectivity index (χ4n) is 2.64. The first-order chi connectivity index (χ1) is 11.2. The van der Waals surface area contributed by atoms with Crippen LogP contribution in [0.2, 0.25) is 0 Å². The van der Waals surface area contributed by atoms with E-state index in [2.05, 4.69) is 10.3 Å². The number of hydrogen-bond acceptors (Lipinski definition) is 3. The summed E-state index contributed by atoms with van der Waals surface area (Å²) in [5, 5.41) is 3.04. The maximum atomic E-state index is 12.9. The largest absolute Gasteiger partial charge is 0.381 e. The van der Waals surface area contributed by atoms with E-state index in [0.717, 1.165) is 24.1 Å². The van der Waals surface area contributed by atoms with Gasteiger partial charge in [-0.05, 0) is 42.7 Å². The molecule has 3 rings (SSSR count). The van der Waals surface area contributed by atoms with Crippen molar-refractivity contribution in [2.75, 3.05) is 13.2 Å². The molecule has 0 saturated carbocycles. The topological polar surface area (TPSA) is 51.2 Å². The van der Waals surface area contributed by atoms with Crippen LogP contribution in [0, 0.1) is 5.82 Å². The summed E-state index contributed by atoms with van der Waals surface area (Å²) in [6, 6.07) is 9.98. The first-order valence-corrected chi connectivity index (χ1v) is 7.79. The summed E-state index contributed by atoms with van der Waals surface area (Å²) in [7, 11) is 0. The van der Waals surface area contributed by atoms with Crippen molar-refractivity contribution in [3.63, 3.8) is 0 Å². The third kappa shape index (κ3) is 4.36. The predicted octanol–water partition coefficient (Wildman–Crippen LogP) is 2.72. The highest BCUT2D eigenvalue weighted by atomic mass is 19.1. The molecule has 1 saturated heterocycles. The molecule has 1 fully saturated rings. The first kappa shape index (κ1) is 15.6. The quantitative estimate of drug-likeness (QED) is 0.944. The number of amides is 1. The van der Waals surface area contributed by atoms with Crippen LogP contribution < -0.4 is 5.32 Å². The lowest BCUT2D eigenvalue weighted by Gasteiger charge is -2.23. The third-order valence-electron chi connectivity index (χ3n) is 3.93. The summed E-state index contributed by atoms with van der Waals surface area (Å²) >= 11 is 0. The van der Waals surface area contributed by atoms with E-state index in [1.807, 2.05) is 0 Å². The minimum Gasteiger partial charge on any atom is -0.381 e. The molecule has 0 bridgehead atoms. The van der Waals surface area contributed by atoms with Crippen molar-refractivity contribution in [2.45, 2.75) is 25.3 Å². The second-order valence-corrected chi connectivity index (χ2v) is 5.70. The highest BCUT2D eigenvalue weighted by Crippen LogP contribution is 2.12. The fourth-order valence-corrected chi connectivity index (χ4v) is 2.64. The number of nitrogens with zero attached hydrogens (tertiary/aromatic N) is 1. The van der Waals surface area contributed by atoms with E-state index in [0.29, 0.717) is 25.2 Å². The Morgan fingerprint density at radius 3 is 2.70 bits per heavy atom. The standard InChI is InChI=1S/C18H19FN2O2/c19-15-3-1-13(2-4-15)11-17-12-14(5-8-20-17)18(22)21-16-6-9-23-10-7-16/h1-5,8,12,16H,6-7,9-11H2,(H,21,22). The SMILES string of the molecule is O=C(NC1CCOCC1)c1ccnc(Cc2ccc(F)cc2)c1. The van der Waals surface area contributed by atoms with Gasteiger partial charge in [0.2, 0.25) is 0 Å². The van der Waals surface area contributed by atoms with E-state index < -0.39 is 0 Å². The lowest BCUT2D eigenvalue weighted by atomic mass is 10.1. The molecular formula is C18H19FN2O2. The predicted molar refractivity (Wildman–Crippen MR) is 84.8 cm³/mol. The molecule has 23 heavy (non-hydrogen) atoms. The molecule has 0 spiro atoms. The number of ether oxygens (including phenoxy) is 1. The maximum absolute atomic E-state index is 12.9. The number of halogens is 1. The highest BCUT2D eigenvalue weighted by molar-refractivity contribution is 5.94. The normalized spacial score (nSPS) is 15.3. The van der Waals surface area contributed by atoms with Crippen molar-refractivity contribution < 1.29 is 13.9 Å². The van der Waals surface area contributed by atoms with Gasteiger partial charge in [-0.25, -0.2) is 4.39 Å². The van der Waals surface area contributed by atoms with Crippen LogP contribution in [-0.2, 0) is 11.2 Å². The van der Waals surface area contributed by atoms with E-state index >= 15 is 0 Å². The second kappa shape index (κ2) is 7.33. The van der Waals surface area contributed by atoms with Crippen LogP contribution in [0.5, 0.6) is 0 Å². The first-order valence-electron chi connectivity index (χ1n) is 7.79. The van der Waals surface area contributed by atoms with E-state index in [1.165, 1.54) is 12.1 Å². The molecule has 1 amide bonds. The number of carbonyl (C=O) groups is 1. The molecule has 2 heterocycles. The minimum absolute atomic E-state index is 0.0837. The van der Waals surface area contributed by atoms with Gasteiger partial charge < -0.3 is 10.1 Å². The molecular weight excluding hydrogens is 295 g/mol. The minimum atomic E-state index is -0.258. The van der Waals surface area contributed by atoms with E-state index in [-0.39, 0.29) is 17.8 Å². The Hall–Kier alpha value is -2.27. The Morgan fingerprint density at radius 2 is 1.96 bits per heavy atom. The van der Waals surface area contributed by atoms with Gasteiger partial charge in [0.05, 0.1) is 0 Å². The van der Waals surface area contributed by atoms with Crippen LogP contribution >= 0.6 is 0 Å². The fraction of sp³-hybridized carbons (Fsp3) is 0.333. The summed E-state index contributed by atoms with van der Waals surface area (Å²) in [6.07, 6.45) is 3.90. The lowest BCUT2D eigenvalue weighted by molar-refractivity contribution is 0.0696. The van der Waals surface area contributed by atoms with Crippen molar-refractivity contribution in [2.24, 2.45) is 0 Å². The molecule has 1 aromatic carbocycles. The highest BCUT2D eigenvalue weighted by Gasteiger charge is 2.17. The molecule has 2 aromatic rings. The van der Waals surface area contributed by atoms with Gasteiger partial charge >= 0.3 is 0 Å². The summed E-state index contributed by atoms with van der Waals surface area (Å²) in [4.78, 5) is 16.6. The number of carbonyl (C=O) groups excluding carboxylic acids is 1. The van der Waals surface area contributed by atoms with Crippen LogP contribution in [0.25, 0.3) is 0 Å². The number of aromatic nitrogens is 1. The van der Waals surface area contributed by atoms with Gasteiger partial charge in [0.1, 0.15) is 5.82 Å². The van der Waals surface area contributed by atoms with Crippen molar-refractivity contribution in [3.05, 3.63) is 65.2 Å². The van der Waals surface area contributed by atoms with Gasteiger partial charge in [0.25, 0.3) is 5.91 Å². The monoisotopic (exact) mass is 314 g/mol. The van der Waals surface area contributed by atoms with Crippen LogP contribution in [0.1, 0.15) is 34.5 Å². The van der Waals surface area contributed by atoms with Gasteiger partial charge in [0, 0.05) is 43.1 Å². The Labute approximate surface area is 134 Å². The average Bonchev–Trinajstić information content (AvgIpc) is 2.58. The van der Waals surface area contributed by atoms with Crippen LogP contribution in [0.3, 0.4) is 0 Å². The van der Waals surface area contributed by atoms with Crippen LogP contribution in [-0.4, -0.2) is 30.1 Å². The second-order valence-electron chi connectivity index (χ2n) is 5.70. The summed E-state index contributed by atoms with van der Waals surface area (Å²) in [5.41, 5.74) is 2.35. The number of nitrogens with one attached hydrogen (secondary N) is 1. The molecule has 5 heteroatoms. The molecule has 0 radical (unpaired) electrons. The molecule has 0 unspecified atom stereocenters. The number of benzene rings is 1. The van der Waals surface area contributed by atoms with Crippen molar-refractivity contribution in [1.29, 1.82) is 0 Å². The number of pyridine rings is 1. The van der Waals surface area contributed by atoms with Gasteiger partial charge in [0.15, 0.2) is 0 Å². The Kier molecular flexibility index (Phi) is 4.98. The van der Waals surface area contributed by atoms with Crippen molar-refractivity contribution in [3.8, 4) is 0 Å². The van der Waals surface area contributed by atoms with Gasteiger partial charge in [-0.3, -0.25) is 9.78 Å². The zero-order valence-corrected chi connectivity index (χ0v) is 12.8. The smallest absolute Gasteiger partial charge is 0.251 e. The van der Waals surface area contributed by atoms with E-state index in [1.54, 1.807) is 30.5 Å². The molecule has 1 aliphatic heterocycles. The Balaban J connectivity index is 1.66. The maximum Gasteiger partial charge on any atom is 0.251 e. The molecule has 1 aliphatic rings. The van der Waals surface area contributed by atoms with Crippen LogP contribution in [0.4, 0.5) is 4.39 Å². The molecule has 1 aromatic heterocycles. The molecule has 1 N–H and O–H groups in total. The van der Waals surface area contributed by atoms with Crippen molar-refractivity contribution >= 4 is 5.91 Å². The average molecular weight is 314 g/mol. The number of hydrogen-bond donors (Lipinski definition) is 1.